The third-order valence-electron chi connectivity index (χ3n) is 0. The average molecular weight is 86.0 g/mol. The van der Waals surface area contributed by atoms with Crippen molar-refractivity contribution < 1.29 is 0 Å². The second-order valence-electron chi connectivity index (χ2n) is 0. The van der Waals surface area contributed by atoms with E-state index in [9.17, 15) is 0 Å². The third-order valence-corrected chi connectivity index (χ3v) is 0. The molecule has 0 rings (SSSR count). The Morgan fingerprint density at radius 3 is 0.500 bits per heavy atom. The fraction of sp³-hybridized carbons (Fsp3) is 0. The van der Waals surface area contributed by atoms with E-state index in [2.05, 4.69) is 0 Å². The van der Waals surface area contributed by atoms with Crippen LogP contribution in [0.3, 0.4) is 0 Å². The molecule has 0 aliphatic heterocycles. The zero-order valence-corrected chi connectivity index (χ0v) is 0.447. The molecule has 0 bridgehead atoms. The van der Waals surface area contributed by atoms with Crippen molar-refractivity contribution in [1.29, 1.82) is 0 Å². The molecular weight excluding hydrogens is 83.0 g/mol. The molecule has 0 amide bonds. The maximum atomic E-state index is 0. The van der Waals surface area contributed by atoms with Gasteiger partial charge in [0.2, 0.25) is 0 Å². The van der Waals surface area contributed by atoms with E-state index in [0.717, 1.165) is 0 Å². The SMILES string of the molecule is [N].[NaH].[NaH].[NaH]. The zero-order valence-electron chi connectivity index (χ0n) is 0.447. The summed E-state index contributed by atoms with van der Waals surface area (Å²) in [5.74, 6) is 0. The Morgan fingerprint density at radius 2 is 0.500 bits per heavy atom. The molecular formula is H3NNa3. The van der Waals surface area contributed by atoms with Gasteiger partial charge in [0, 0.05) is 6.15 Å². The molecule has 0 aliphatic carbocycles. The average Bonchev–Trinajstić information content (AvgIpc) is 0. The minimum atomic E-state index is 0. The first-order valence-electron chi connectivity index (χ1n) is 0. The van der Waals surface area contributed by atoms with Gasteiger partial charge in [-0.2, -0.15) is 0 Å². The summed E-state index contributed by atoms with van der Waals surface area (Å²) in [6, 6.07) is 0. The molecule has 4 heavy (non-hydrogen) atoms. The van der Waals surface area contributed by atoms with Crippen LogP contribution in [-0.2, 0) is 0 Å². The standard InChI is InChI=1S/N.3Na.3H. The van der Waals surface area contributed by atoms with Crippen molar-refractivity contribution in [3.05, 3.63) is 0 Å². The van der Waals surface area contributed by atoms with Gasteiger partial charge in [0.15, 0.2) is 0 Å². The van der Waals surface area contributed by atoms with Crippen LogP contribution in [0.25, 0.3) is 0 Å². The molecule has 11 valence electrons. The van der Waals surface area contributed by atoms with Crippen LogP contribution < -0.4 is 6.15 Å². The Labute approximate surface area is 92.7 Å². The van der Waals surface area contributed by atoms with Crippen LogP contribution in [0.1, 0.15) is 0 Å². The van der Waals surface area contributed by atoms with E-state index < -0.39 is 0 Å². The topological polar surface area (TPSA) is 30.5 Å². The summed E-state index contributed by atoms with van der Waals surface area (Å²) >= 11 is 0. The van der Waals surface area contributed by atoms with Crippen molar-refractivity contribution in [3.63, 3.8) is 0 Å². The molecule has 0 N–H and O–H groups in total. The van der Waals surface area contributed by atoms with Crippen molar-refractivity contribution in [1.82, 2.24) is 6.15 Å². The summed E-state index contributed by atoms with van der Waals surface area (Å²) in [7, 11) is 0. The molecule has 1 nitrogen and oxygen atoms in total. The van der Waals surface area contributed by atoms with Gasteiger partial charge in [-0.05, 0) is 0 Å². The molecule has 0 saturated heterocycles. The molecule has 3 radical (unpaired) electrons. The summed E-state index contributed by atoms with van der Waals surface area (Å²) in [4.78, 5) is 0. The summed E-state index contributed by atoms with van der Waals surface area (Å²) in [5, 5.41) is 0. The fourth-order valence-corrected chi connectivity index (χ4v) is 0. The van der Waals surface area contributed by atoms with Crippen LogP contribution in [0, 0.1) is 0 Å². The second kappa shape index (κ2) is 16.7. The number of hydrogen-bond donors (Lipinski definition) is 0. The first-order valence-corrected chi connectivity index (χ1v) is 0. The van der Waals surface area contributed by atoms with Crippen LogP contribution in [0.15, 0.2) is 0 Å². The van der Waals surface area contributed by atoms with Crippen LogP contribution in [0.5, 0.6) is 0 Å². The first kappa shape index (κ1) is 28.2. The molecule has 0 atom stereocenters. The van der Waals surface area contributed by atoms with Crippen molar-refractivity contribution in [3.8, 4) is 0 Å². The molecule has 0 spiro atoms. The molecule has 0 fully saturated rings. The van der Waals surface area contributed by atoms with E-state index in [1.54, 1.807) is 0 Å². The Balaban J connectivity index is 0. The van der Waals surface area contributed by atoms with Crippen LogP contribution in [0.2, 0.25) is 0 Å². The molecule has 0 aromatic rings. The van der Waals surface area contributed by atoms with Gasteiger partial charge in [-0.15, -0.1) is 0 Å². The Hall–Kier alpha value is 2.96. The zero-order chi connectivity index (χ0) is 0. The minimum absolute atomic E-state index is 0. The van der Waals surface area contributed by atoms with Crippen LogP contribution >= 0.6 is 0 Å². The number of hydrogen-bond acceptors (Lipinski definition) is 0. The van der Waals surface area contributed by atoms with Gasteiger partial charge >= 0.3 is 88.7 Å². The van der Waals surface area contributed by atoms with E-state index in [0.29, 0.717) is 0 Å². The van der Waals surface area contributed by atoms with Gasteiger partial charge < -0.3 is 0 Å². The van der Waals surface area contributed by atoms with Gasteiger partial charge in [0.1, 0.15) is 0 Å². The molecule has 0 saturated carbocycles. The van der Waals surface area contributed by atoms with E-state index >= 15 is 0 Å². The molecule has 4 heteroatoms. The Morgan fingerprint density at radius 1 is 0.500 bits per heavy atom. The molecule has 0 heterocycles. The molecule has 0 aliphatic rings. The van der Waals surface area contributed by atoms with Crippen LogP contribution in [0.4, 0.5) is 0 Å². The van der Waals surface area contributed by atoms with Gasteiger partial charge in [0.05, 0.1) is 0 Å². The molecule has 0 aromatic carbocycles. The molecule has 0 unspecified atom stereocenters. The first-order chi connectivity index (χ1) is 0. The predicted octanol–water partition coefficient (Wildman–Crippen LogP) is -2.43. The van der Waals surface area contributed by atoms with Gasteiger partial charge in [-0.3, -0.25) is 0 Å². The van der Waals surface area contributed by atoms with Crippen molar-refractivity contribution in [2.75, 3.05) is 0 Å². The fourth-order valence-electron chi connectivity index (χ4n) is 0. The van der Waals surface area contributed by atoms with E-state index in [1.165, 1.54) is 0 Å². The van der Waals surface area contributed by atoms with Gasteiger partial charge in [0.25, 0.3) is 0 Å². The van der Waals surface area contributed by atoms with Crippen molar-refractivity contribution in [2.24, 2.45) is 0 Å². The van der Waals surface area contributed by atoms with Crippen molar-refractivity contribution >= 4 is 88.7 Å². The quantitative estimate of drug-likeness (QED) is 0.293. The third kappa shape index (κ3) is 8.88. The maximum absolute atomic E-state index is 0. The summed E-state index contributed by atoms with van der Waals surface area (Å²) in [5.41, 5.74) is 0. The number of rotatable bonds is 0. The summed E-state index contributed by atoms with van der Waals surface area (Å²) < 4.78 is 0. The van der Waals surface area contributed by atoms with Crippen molar-refractivity contribution in [2.45, 2.75) is 0 Å². The molecule has 0 aromatic heterocycles. The summed E-state index contributed by atoms with van der Waals surface area (Å²) in [6.45, 7) is 0. The Bertz CT molecular complexity index is 3.25. The normalized spacial score (nSPS) is 0. The predicted molar refractivity (Wildman–Crippen MR) is 23.6 cm³/mol. The second-order valence-corrected chi connectivity index (χ2v) is 0. The monoisotopic (exact) mass is 86.0 g/mol. The van der Waals surface area contributed by atoms with Crippen LogP contribution in [-0.4, -0.2) is 88.7 Å². The van der Waals surface area contributed by atoms with E-state index in [4.69, 9.17) is 0 Å². The summed E-state index contributed by atoms with van der Waals surface area (Å²) in [6.07, 6.45) is 0. The van der Waals surface area contributed by atoms with E-state index in [-0.39, 0.29) is 94.8 Å². The number of nitrogens with zero attached hydrogens (tertiary/aromatic N) is 1. The van der Waals surface area contributed by atoms with Gasteiger partial charge in [-0.25, -0.2) is 0 Å². The Kier molecular flexibility index (Phi) is 118. The van der Waals surface area contributed by atoms with Gasteiger partial charge in [-0.1, -0.05) is 0 Å². The van der Waals surface area contributed by atoms with E-state index in [1.807, 2.05) is 0 Å².